The van der Waals surface area contributed by atoms with Crippen molar-refractivity contribution in [3.8, 4) is 0 Å². The van der Waals surface area contributed by atoms with Crippen molar-refractivity contribution in [2.45, 2.75) is 0 Å². The minimum absolute atomic E-state index is 0.152. The molecule has 0 aromatic heterocycles. The van der Waals surface area contributed by atoms with Crippen molar-refractivity contribution in [3.05, 3.63) is 71.8 Å². The molecule has 0 N–H and O–H groups in total. The quantitative estimate of drug-likeness (QED) is 0.350. The van der Waals surface area contributed by atoms with Gasteiger partial charge >= 0.3 is 7.47 Å². The van der Waals surface area contributed by atoms with Gasteiger partial charge in [0.2, 0.25) is 0 Å². The molecule has 0 heterocycles. The summed E-state index contributed by atoms with van der Waals surface area (Å²) in [6.45, 7) is 0. The van der Waals surface area contributed by atoms with Gasteiger partial charge < -0.3 is 9.55 Å². The number of rotatable bonds is 6. The second-order valence-corrected chi connectivity index (χ2v) is 5.06. The van der Waals surface area contributed by atoms with E-state index in [4.69, 9.17) is 0 Å². The van der Waals surface area contributed by atoms with E-state index in [-0.39, 0.29) is 5.76 Å². The normalized spacial score (nSPS) is 11.0. The van der Waals surface area contributed by atoms with Crippen molar-refractivity contribution < 1.29 is 18.1 Å². The first-order chi connectivity index (χ1) is 11.0. The van der Waals surface area contributed by atoms with Crippen LogP contribution in [0.5, 0.6) is 0 Å². The molecule has 0 saturated heterocycles. The molecule has 0 amide bonds. The largest absolute Gasteiger partial charge is 0.796 e. The fourth-order valence-electron chi connectivity index (χ4n) is 2.02. The van der Waals surface area contributed by atoms with E-state index >= 15 is 0 Å². The van der Waals surface area contributed by atoms with Crippen LogP contribution in [0.2, 0.25) is 0 Å². The van der Waals surface area contributed by atoms with Gasteiger partial charge in [-0.2, -0.15) is 0 Å². The van der Waals surface area contributed by atoms with E-state index in [2.05, 4.69) is 4.65 Å². The second kappa shape index (κ2) is 7.58. The molecule has 0 radical (unpaired) electrons. The Hall–Kier alpha value is -2.63. The van der Waals surface area contributed by atoms with Crippen molar-refractivity contribution >= 4 is 24.7 Å². The van der Waals surface area contributed by atoms with Crippen LogP contribution in [-0.2, 0) is 4.65 Å². The molecule has 0 spiro atoms. The Morgan fingerprint density at radius 3 is 2.30 bits per heavy atom. The lowest BCUT2D eigenvalue weighted by molar-refractivity contribution is 0.104. The molecule has 0 saturated carbocycles. The van der Waals surface area contributed by atoms with Crippen LogP contribution in [0, 0.1) is 0 Å². The molecule has 0 fully saturated rings. The van der Waals surface area contributed by atoms with Gasteiger partial charge in [0, 0.05) is 37.0 Å². The van der Waals surface area contributed by atoms with Crippen molar-refractivity contribution in [1.29, 1.82) is 0 Å². The summed E-state index contributed by atoms with van der Waals surface area (Å²) in [5.74, 6) is -0.547. The topological polar surface area (TPSA) is 29.5 Å². The maximum Gasteiger partial charge on any atom is 0.796 e. The lowest BCUT2D eigenvalue weighted by atomic mass is 10.1. The molecule has 0 aliphatic heterocycles. The van der Waals surface area contributed by atoms with Gasteiger partial charge in [0.1, 0.15) is 5.76 Å². The maximum atomic E-state index is 12.6. The van der Waals surface area contributed by atoms with Crippen LogP contribution >= 0.6 is 0 Å². The summed E-state index contributed by atoms with van der Waals surface area (Å²) in [6.07, 6.45) is 1.09. The third-order valence-electron chi connectivity index (χ3n) is 3.18. The minimum atomic E-state index is -3.00. The van der Waals surface area contributed by atoms with Gasteiger partial charge in [-0.05, 0) is 12.1 Å². The molecule has 2 rings (SSSR count). The molecule has 0 aliphatic rings. The van der Waals surface area contributed by atoms with Gasteiger partial charge in [-0.15, -0.1) is 0 Å². The highest BCUT2D eigenvalue weighted by Gasteiger charge is 2.21. The molecule has 0 atom stereocenters. The molecule has 2 aromatic rings. The number of anilines is 1. The number of hydrogen-bond donors (Lipinski definition) is 0. The highest BCUT2D eigenvalue weighted by molar-refractivity contribution is 6.36. The zero-order valence-corrected chi connectivity index (χ0v) is 12.9. The van der Waals surface area contributed by atoms with Crippen LogP contribution in [0.3, 0.4) is 0 Å². The maximum absolute atomic E-state index is 12.6. The summed E-state index contributed by atoms with van der Waals surface area (Å²) in [6, 6.07) is 15.3. The van der Waals surface area contributed by atoms with Gasteiger partial charge in [-0.25, -0.2) is 8.63 Å². The van der Waals surface area contributed by atoms with Gasteiger partial charge in [0.25, 0.3) is 0 Å². The minimum Gasteiger partial charge on any atom is -0.505 e. The van der Waals surface area contributed by atoms with Gasteiger partial charge in [0.15, 0.2) is 5.78 Å². The van der Waals surface area contributed by atoms with Gasteiger partial charge in [0.05, 0.1) is 0 Å². The number of carbonyl (C=O) groups excluding carboxylic acids is 1. The predicted octanol–water partition coefficient (Wildman–Crippen LogP) is 3.92. The van der Waals surface area contributed by atoms with Crippen LogP contribution in [0.15, 0.2) is 60.7 Å². The van der Waals surface area contributed by atoms with E-state index in [1.54, 1.807) is 48.5 Å². The Morgan fingerprint density at radius 2 is 1.70 bits per heavy atom. The van der Waals surface area contributed by atoms with Crippen LogP contribution in [0.25, 0.3) is 5.76 Å². The molecular weight excluding hydrogens is 299 g/mol. The molecular formula is C17H16BF2NO2. The van der Waals surface area contributed by atoms with E-state index in [0.29, 0.717) is 11.1 Å². The molecule has 0 aliphatic carbocycles. The molecule has 118 valence electrons. The van der Waals surface area contributed by atoms with Gasteiger partial charge in [-0.3, -0.25) is 4.79 Å². The smallest absolute Gasteiger partial charge is 0.505 e. The number of nitrogens with zero attached hydrogens (tertiary/aromatic N) is 1. The van der Waals surface area contributed by atoms with Crippen molar-refractivity contribution in [3.63, 3.8) is 0 Å². The molecule has 2 aromatic carbocycles. The monoisotopic (exact) mass is 315 g/mol. The van der Waals surface area contributed by atoms with Crippen LogP contribution < -0.4 is 4.90 Å². The number of ketones is 1. The summed E-state index contributed by atoms with van der Waals surface area (Å²) in [5.41, 5.74) is 1.67. The summed E-state index contributed by atoms with van der Waals surface area (Å²) >= 11 is 0. The predicted molar refractivity (Wildman–Crippen MR) is 88.6 cm³/mol. The summed E-state index contributed by atoms with van der Waals surface area (Å²) < 4.78 is 29.7. The molecule has 3 nitrogen and oxygen atoms in total. The molecule has 0 bridgehead atoms. The Kier molecular flexibility index (Phi) is 5.52. The Balaban J connectivity index is 2.35. The standard InChI is InChI=1S/C17H16BF2NO2/c1-21(2)15-10-6-9-14(11-15)16(22)12-17(23-18(19)20)13-7-4-3-5-8-13/h3-12H,1-2H3/b17-12-. The van der Waals surface area contributed by atoms with E-state index in [1.165, 1.54) is 0 Å². The first-order valence-corrected chi connectivity index (χ1v) is 7.01. The number of halogens is 2. The van der Waals surface area contributed by atoms with Crippen molar-refractivity contribution in [1.82, 2.24) is 0 Å². The third-order valence-corrected chi connectivity index (χ3v) is 3.18. The van der Waals surface area contributed by atoms with Crippen LogP contribution in [0.1, 0.15) is 15.9 Å². The second-order valence-electron chi connectivity index (χ2n) is 5.06. The van der Waals surface area contributed by atoms with Gasteiger partial charge in [-0.1, -0.05) is 42.5 Å². The van der Waals surface area contributed by atoms with Crippen LogP contribution in [-0.4, -0.2) is 27.3 Å². The fraction of sp³-hybridized carbons (Fsp3) is 0.118. The molecule has 0 unspecified atom stereocenters. The number of carbonyl (C=O) groups is 1. The number of hydrogen-bond acceptors (Lipinski definition) is 3. The van der Waals surface area contributed by atoms with E-state index in [9.17, 15) is 13.4 Å². The molecule has 6 heteroatoms. The zero-order chi connectivity index (χ0) is 16.8. The molecule has 23 heavy (non-hydrogen) atoms. The highest BCUT2D eigenvalue weighted by Crippen LogP contribution is 2.20. The Labute approximate surface area is 134 Å². The van der Waals surface area contributed by atoms with Crippen LogP contribution in [0.4, 0.5) is 14.3 Å². The average Bonchev–Trinajstić information content (AvgIpc) is 2.54. The van der Waals surface area contributed by atoms with E-state index < -0.39 is 13.3 Å². The first kappa shape index (κ1) is 16.7. The SMILES string of the molecule is CN(C)c1cccc(C(=O)/C=C(\OB(F)F)c2ccccc2)c1. The fourth-order valence-corrected chi connectivity index (χ4v) is 2.02. The lowest BCUT2D eigenvalue weighted by Gasteiger charge is -2.13. The Bertz CT molecular complexity index is 703. The lowest BCUT2D eigenvalue weighted by Crippen LogP contribution is -2.10. The number of benzene rings is 2. The highest BCUT2D eigenvalue weighted by atomic mass is 19.2. The van der Waals surface area contributed by atoms with E-state index in [1.807, 2.05) is 25.1 Å². The van der Waals surface area contributed by atoms with Crippen molar-refractivity contribution in [2.24, 2.45) is 0 Å². The zero-order valence-electron chi connectivity index (χ0n) is 12.9. The first-order valence-electron chi connectivity index (χ1n) is 7.01. The summed E-state index contributed by atoms with van der Waals surface area (Å²) in [4.78, 5) is 14.2. The van der Waals surface area contributed by atoms with Crippen molar-refractivity contribution in [2.75, 3.05) is 19.0 Å². The average molecular weight is 315 g/mol. The summed E-state index contributed by atoms with van der Waals surface area (Å²) in [7, 11) is 0.714. The third kappa shape index (κ3) is 4.67. The van der Waals surface area contributed by atoms with E-state index in [0.717, 1.165) is 11.8 Å². The summed E-state index contributed by atoms with van der Waals surface area (Å²) in [5, 5.41) is 0. The number of allylic oxidation sites excluding steroid dienone is 1. The Morgan fingerprint density at radius 1 is 1.04 bits per heavy atom.